The fourth-order valence-electron chi connectivity index (χ4n) is 2.41. The van der Waals surface area contributed by atoms with Gasteiger partial charge in [0.15, 0.2) is 5.96 Å². The Kier molecular flexibility index (Phi) is 8.20. The first kappa shape index (κ1) is 18.4. The Morgan fingerprint density at radius 2 is 1.96 bits per heavy atom. The molecule has 7 nitrogen and oxygen atoms in total. The molecule has 0 radical (unpaired) electrons. The first-order chi connectivity index (χ1) is 11.8. The summed E-state index contributed by atoms with van der Waals surface area (Å²) in [6.07, 6.45) is 0. The van der Waals surface area contributed by atoms with Crippen LogP contribution in [0.4, 0.5) is 0 Å². The summed E-state index contributed by atoms with van der Waals surface area (Å²) in [4.78, 5) is 6.60. The maximum atomic E-state index is 5.70. The molecule has 0 spiro atoms. The first-order valence-electron chi connectivity index (χ1n) is 8.33. The lowest BCUT2D eigenvalue weighted by molar-refractivity contribution is 0.0389. The monoisotopic (exact) mass is 336 g/mol. The van der Waals surface area contributed by atoms with E-state index in [4.69, 9.17) is 14.2 Å². The van der Waals surface area contributed by atoms with E-state index in [0.717, 1.165) is 56.9 Å². The largest absolute Gasteiger partial charge is 0.497 e. The zero-order chi connectivity index (χ0) is 17.0. The highest BCUT2D eigenvalue weighted by molar-refractivity contribution is 5.79. The van der Waals surface area contributed by atoms with Crippen molar-refractivity contribution < 1.29 is 14.2 Å². The summed E-state index contributed by atoms with van der Waals surface area (Å²) >= 11 is 0. The van der Waals surface area contributed by atoms with Crippen LogP contribution in [0.1, 0.15) is 0 Å². The Morgan fingerprint density at radius 3 is 2.71 bits per heavy atom. The Bertz CT molecular complexity index is 504. The van der Waals surface area contributed by atoms with Gasteiger partial charge in [-0.05, 0) is 12.1 Å². The second-order valence-electron chi connectivity index (χ2n) is 5.41. The topological polar surface area (TPSA) is 67.4 Å². The third-order valence-corrected chi connectivity index (χ3v) is 3.75. The van der Waals surface area contributed by atoms with Crippen molar-refractivity contribution in [3.63, 3.8) is 0 Å². The smallest absolute Gasteiger partial charge is 0.191 e. The summed E-state index contributed by atoms with van der Waals surface area (Å²) < 4.78 is 16.2. The van der Waals surface area contributed by atoms with E-state index in [1.54, 1.807) is 14.2 Å². The molecule has 1 saturated heterocycles. The molecule has 0 bridgehead atoms. The van der Waals surface area contributed by atoms with Gasteiger partial charge in [-0.25, -0.2) is 0 Å². The van der Waals surface area contributed by atoms with Crippen LogP contribution in [0.5, 0.6) is 11.5 Å². The lowest BCUT2D eigenvalue weighted by atomic mass is 10.3. The molecule has 7 heteroatoms. The average Bonchev–Trinajstić information content (AvgIpc) is 2.64. The summed E-state index contributed by atoms with van der Waals surface area (Å²) in [7, 11) is 3.42. The molecule has 1 aromatic rings. The van der Waals surface area contributed by atoms with E-state index in [1.807, 2.05) is 24.3 Å². The van der Waals surface area contributed by atoms with Crippen molar-refractivity contribution in [2.24, 2.45) is 4.99 Å². The Hall–Kier alpha value is -1.99. The zero-order valence-electron chi connectivity index (χ0n) is 14.6. The van der Waals surface area contributed by atoms with Gasteiger partial charge in [-0.2, -0.15) is 0 Å². The van der Waals surface area contributed by atoms with Crippen LogP contribution in [0, 0.1) is 0 Å². The number of nitrogens with zero attached hydrogens (tertiary/aromatic N) is 2. The predicted octanol–water partition coefficient (Wildman–Crippen LogP) is 0.571. The van der Waals surface area contributed by atoms with Gasteiger partial charge in [0, 0.05) is 39.3 Å². The van der Waals surface area contributed by atoms with Gasteiger partial charge in [-0.1, -0.05) is 6.07 Å². The van der Waals surface area contributed by atoms with Crippen LogP contribution >= 0.6 is 0 Å². The van der Waals surface area contributed by atoms with Crippen LogP contribution in [0.25, 0.3) is 0 Å². The van der Waals surface area contributed by atoms with Crippen molar-refractivity contribution >= 4 is 5.96 Å². The fourth-order valence-corrected chi connectivity index (χ4v) is 2.41. The van der Waals surface area contributed by atoms with Crippen molar-refractivity contribution in [1.29, 1.82) is 0 Å². The quantitative estimate of drug-likeness (QED) is 0.411. The van der Waals surface area contributed by atoms with Gasteiger partial charge in [0.2, 0.25) is 0 Å². The van der Waals surface area contributed by atoms with E-state index in [1.165, 1.54) is 0 Å². The van der Waals surface area contributed by atoms with E-state index in [-0.39, 0.29) is 0 Å². The highest BCUT2D eigenvalue weighted by Crippen LogP contribution is 2.18. The van der Waals surface area contributed by atoms with Crippen LogP contribution in [-0.2, 0) is 4.74 Å². The van der Waals surface area contributed by atoms with Crippen LogP contribution < -0.4 is 20.1 Å². The molecule has 0 saturated carbocycles. The SMILES string of the molecule is CN=C(NCCOc1cccc(OC)c1)NCCN1CCOCC1. The molecule has 134 valence electrons. The molecular weight excluding hydrogens is 308 g/mol. The standard InChI is InChI=1S/C17H28N4O3/c1-18-17(19-6-8-21-9-12-23-13-10-21)20-7-11-24-16-5-3-4-15(14-16)22-2/h3-5,14H,6-13H2,1-2H3,(H2,18,19,20). The Morgan fingerprint density at radius 1 is 1.21 bits per heavy atom. The Labute approximate surface area is 144 Å². The number of rotatable bonds is 8. The van der Waals surface area contributed by atoms with Crippen molar-refractivity contribution in [1.82, 2.24) is 15.5 Å². The van der Waals surface area contributed by atoms with E-state index < -0.39 is 0 Å². The van der Waals surface area contributed by atoms with Gasteiger partial charge in [0.25, 0.3) is 0 Å². The number of ether oxygens (including phenoxy) is 3. The van der Waals surface area contributed by atoms with Gasteiger partial charge >= 0.3 is 0 Å². The van der Waals surface area contributed by atoms with Gasteiger partial charge in [-0.15, -0.1) is 0 Å². The third-order valence-electron chi connectivity index (χ3n) is 3.75. The number of hydrogen-bond acceptors (Lipinski definition) is 5. The normalized spacial score (nSPS) is 15.8. The number of methoxy groups -OCH3 is 1. The molecule has 1 aliphatic heterocycles. The van der Waals surface area contributed by atoms with Crippen LogP contribution in [0.3, 0.4) is 0 Å². The number of guanidine groups is 1. The molecular formula is C17H28N4O3. The number of hydrogen-bond donors (Lipinski definition) is 2. The molecule has 1 fully saturated rings. The van der Waals surface area contributed by atoms with Gasteiger partial charge in [0.1, 0.15) is 18.1 Å². The molecule has 0 amide bonds. The van der Waals surface area contributed by atoms with E-state index >= 15 is 0 Å². The molecule has 2 N–H and O–H groups in total. The highest BCUT2D eigenvalue weighted by Gasteiger charge is 2.09. The summed E-state index contributed by atoms with van der Waals surface area (Å²) in [5, 5.41) is 6.56. The molecule has 0 aliphatic carbocycles. The van der Waals surface area contributed by atoms with Gasteiger partial charge < -0.3 is 24.8 Å². The second kappa shape index (κ2) is 10.7. The third kappa shape index (κ3) is 6.64. The van der Waals surface area contributed by atoms with Crippen molar-refractivity contribution in [2.45, 2.75) is 0 Å². The van der Waals surface area contributed by atoms with Crippen LogP contribution in [0.2, 0.25) is 0 Å². The molecule has 0 aromatic heterocycles. The summed E-state index contributed by atoms with van der Waals surface area (Å²) in [5.41, 5.74) is 0. The van der Waals surface area contributed by atoms with E-state index in [9.17, 15) is 0 Å². The fraction of sp³-hybridized carbons (Fsp3) is 0.588. The highest BCUT2D eigenvalue weighted by atomic mass is 16.5. The first-order valence-corrected chi connectivity index (χ1v) is 8.33. The molecule has 2 rings (SSSR count). The predicted molar refractivity (Wildman–Crippen MR) is 95.1 cm³/mol. The van der Waals surface area contributed by atoms with Crippen molar-refractivity contribution in [3.8, 4) is 11.5 Å². The Balaban J connectivity index is 1.59. The van der Waals surface area contributed by atoms with Crippen LogP contribution in [-0.4, -0.2) is 77.6 Å². The molecule has 24 heavy (non-hydrogen) atoms. The lowest BCUT2D eigenvalue weighted by Crippen LogP contribution is -2.45. The molecule has 1 aromatic carbocycles. The molecule has 1 aliphatic rings. The number of nitrogens with one attached hydrogen (secondary N) is 2. The minimum absolute atomic E-state index is 0.553. The van der Waals surface area contributed by atoms with Crippen LogP contribution in [0.15, 0.2) is 29.3 Å². The molecule has 0 unspecified atom stereocenters. The van der Waals surface area contributed by atoms with Gasteiger partial charge in [0.05, 0.1) is 26.9 Å². The second-order valence-corrected chi connectivity index (χ2v) is 5.41. The summed E-state index contributed by atoms with van der Waals surface area (Å²) in [5.74, 6) is 2.38. The zero-order valence-corrected chi connectivity index (χ0v) is 14.6. The average molecular weight is 336 g/mol. The maximum Gasteiger partial charge on any atom is 0.191 e. The van der Waals surface area contributed by atoms with Crippen molar-refractivity contribution in [2.75, 3.05) is 66.7 Å². The minimum atomic E-state index is 0.553. The summed E-state index contributed by atoms with van der Waals surface area (Å²) in [6.45, 7) is 6.74. The minimum Gasteiger partial charge on any atom is -0.497 e. The van der Waals surface area contributed by atoms with E-state index in [2.05, 4.69) is 20.5 Å². The summed E-state index contributed by atoms with van der Waals surface area (Å²) in [6, 6.07) is 7.59. The number of benzene rings is 1. The van der Waals surface area contributed by atoms with E-state index in [0.29, 0.717) is 13.2 Å². The number of aliphatic imine (C=N–C) groups is 1. The van der Waals surface area contributed by atoms with Crippen molar-refractivity contribution in [3.05, 3.63) is 24.3 Å². The lowest BCUT2D eigenvalue weighted by Gasteiger charge is -2.26. The van der Waals surface area contributed by atoms with Gasteiger partial charge in [-0.3, -0.25) is 9.89 Å². The molecule has 0 atom stereocenters. The number of morpholine rings is 1. The maximum absolute atomic E-state index is 5.70. The molecule has 1 heterocycles.